The molecule has 34 heavy (non-hydrogen) atoms. The number of nitrogens with zero attached hydrogens (tertiary/aromatic N) is 3. The number of halogens is 1. The van der Waals surface area contributed by atoms with Crippen LogP contribution in [0.4, 0.5) is 16.0 Å². The standard InChI is InChI=1S/C28H29FN4O/c1-2-20-9-13-24(14-10-20)30-27(34)22-15-17-32(18-16-22)28-31-25-5-3-4-6-26(25)33(28)19-21-7-11-23(29)12-8-21/h3-14,22H,2,15-19H2,1H3,(H,30,34). The van der Waals surface area contributed by atoms with Crippen molar-refractivity contribution in [1.29, 1.82) is 0 Å². The summed E-state index contributed by atoms with van der Waals surface area (Å²) in [5.41, 5.74) is 5.13. The van der Waals surface area contributed by atoms with Gasteiger partial charge in [0.05, 0.1) is 17.6 Å². The van der Waals surface area contributed by atoms with E-state index in [0.717, 1.165) is 60.6 Å². The van der Waals surface area contributed by atoms with Gasteiger partial charge in [0, 0.05) is 24.7 Å². The molecule has 174 valence electrons. The number of imidazole rings is 1. The molecule has 1 fully saturated rings. The number of nitrogens with one attached hydrogen (secondary N) is 1. The average molecular weight is 457 g/mol. The highest BCUT2D eigenvalue weighted by atomic mass is 19.1. The molecule has 0 atom stereocenters. The van der Waals surface area contributed by atoms with Crippen molar-refractivity contribution in [2.24, 2.45) is 5.92 Å². The third-order valence-electron chi connectivity index (χ3n) is 6.67. The monoisotopic (exact) mass is 456 g/mol. The highest BCUT2D eigenvalue weighted by Gasteiger charge is 2.28. The topological polar surface area (TPSA) is 50.2 Å². The van der Waals surface area contributed by atoms with Gasteiger partial charge in [-0.1, -0.05) is 43.3 Å². The van der Waals surface area contributed by atoms with Gasteiger partial charge in [-0.05, 0) is 66.8 Å². The van der Waals surface area contributed by atoms with E-state index in [1.807, 2.05) is 42.5 Å². The van der Waals surface area contributed by atoms with Gasteiger partial charge in [-0.25, -0.2) is 9.37 Å². The molecule has 0 saturated carbocycles. The average Bonchev–Trinajstić information content (AvgIpc) is 3.24. The van der Waals surface area contributed by atoms with Gasteiger partial charge in [0.2, 0.25) is 11.9 Å². The first-order chi connectivity index (χ1) is 16.6. The summed E-state index contributed by atoms with van der Waals surface area (Å²) >= 11 is 0. The lowest BCUT2D eigenvalue weighted by Gasteiger charge is -2.32. The van der Waals surface area contributed by atoms with Crippen molar-refractivity contribution < 1.29 is 9.18 Å². The molecule has 0 radical (unpaired) electrons. The minimum absolute atomic E-state index is 0.0166. The number of carbonyl (C=O) groups excluding carboxylic acids is 1. The summed E-state index contributed by atoms with van der Waals surface area (Å²) < 4.78 is 15.6. The van der Waals surface area contributed by atoms with Crippen LogP contribution in [0.2, 0.25) is 0 Å². The van der Waals surface area contributed by atoms with Crippen molar-refractivity contribution in [2.45, 2.75) is 32.7 Å². The normalized spacial score (nSPS) is 14.5. The fourth-order valence-electron chi connectivity index (χ4n) is 4.64. The first kappa shape index (κ1) is 22.1. The zero-order valence-corrected chi connectivity index (χ0v) is 19.4. The summed E-state index contributed by atoms with van der Waals surface area (Å²) in [6.45, 7) is 4.26. The van der Waals surface area contributed by atoms with Crippen molar-refractivity contribution in [2.75, 3.05) is 23.3 Å². The first-order valence-electron chi connectivity index (χ1n) is 11.9. The summed E-state index contributed by atoms with van der Waals surface area (Å²) in [7, 11) is 0. The molecular formula is C28H29FN4O. The van der Waals surface area contributed by atoms with Crippen LogP contribution in [-0.2, 0) is 17.8 Å². The molecule has 1 saturated heterocycles. The van der Waals surface area contributed by atoms with Gasteiger partial charge in [-0.3, -0.25) is 4.79 Å². The predicted molar refractivity (Wildman–Crippen MR) is 135 cm³/mol. The number of rotatable bonds is 6. The maximum absolute atomic E-state index is 13.4. The zero-order chi connectivity index (χ0) is 23.5. The Morgan fingerprint density at radius 3 is 2.35 bits per heavy atom. The summed E-state index contributed by atoms with van der Waals surface area (Å²) in [5, 5.41) is 3.08. The molecule has 1 aromatic heterocycles. The van der Waals surface area contributed by atoms with Crippen LogP contribution < -0.4 is 10.2 Å². The number of aryl methyl sites for hydroxylation is 1. The summed E-state index contributed by atoms with van der Waals surface area (Å²) in [6, 6.07) is 22.8. The Balaban J connectivity index is 1.30. The van der Waals surface area contributed by atoms with Crippen LogP contribution in [0.3, 0.4) is 0 Å². The van der Waals surface area contributed by atoms with Crippen LogP contribution >= 0.6 is 0 Å². The van der Waals surface area contributed by atoms with Crippen LogP contribution in [0.15, 0.2) is 72.8 Å². The lowest BCUT2D eigenvalue weighted by atomic mass is 9.96. The molecule has 0 spiro atoms. The molecule has 0 aliphatic carbocycles. The number of anilines is 2. The van der Waals surface area contributed by atoms with Crippen LogP contribution in [0.25, 0.3) is 11.0 Å². The van der Waals surface area contributed by atoms with Gasteiger partial charge in [0.15, 0.2) is 0 Å². The number of benzene rings is 3. The van der Waals surface area contributed by atoms with Gasteiger partial charge in [0.1, 0.15) is 5.82 Å². The SMILES string of the molecule is CCc1ccc(NC(=O)C2CCN(c3nc4ccccc4n3Cc3ccc(F)cc3)CC2)cc1. The van der Waals surface area contributed by atoms with E-state index in [4.69, 9.17) is 4.98 Å². The predicted octanol–water partition coefficient (Wildman–Crippen LogP) is 5.64. The van der Waals surface area contributed by atoms with E-state index in [1.165, 1.54) is 17.7 Å². The number of carbonyl (C=O) groups is 1. The van der Waals surface area contributed by atoms with Gasteiger partial charge in [-0.2, -0.15) is 0 Å². The largest absolute Gasteiger partial charge is 0.342 e. The van der Waals surface area contributed by atoms with Crippen molar-refractivity contribution in [3.63, 3.8) is 0 Å². The Kier molecular flexibility index (Phi) is 6.30. The van der Waals surface area contributed by atoms with Crippen LogP contribution in [-0.4, -0.2) is 28.5 Å². The summed E-state index contributed by atoms with van der Waals surface area (Å²) in [6.07, 6.45) is 2.54. The number of hydrogen-bond acceptors (Lipinski definition) is 3. The van der Waals surface area contributed by atoms with Crippen molar-refractivity contribution in [3.8, 4) is 0 Å². The van der Waals surface area contributed by atoms with Gasteiger partial charge in [0.25, 0.3) is 0 Å². The van der Waals surface area contributed by atoms with Crippen LogP contribution in [0, 0.1) is 11.7 Å². The maximum Gasteiger partial charge on any atom is 0.227 e. The minimum atomic E-state index is -0.235. The Bertz CT molecular complexity index is 1270. The third-order valence-corrected chi connectivity index (χ3v) is 6.67. The first-order valence-corrected chi connectivity index (χ1v) is 11.9. The number of aromatic nitrogens is 2. The van der Waals surface area contributed by atoms with Crippen molar-refractivity contribution in [3.05, 3.63) is 89.7 Å². The number of para-hydroxylation sites is 2. The second kappa shape index (κ2) is 9.67. The molecule has 0 bridgehead atoms. The Labute approximate surface area is 199 Å². The smallest absolute Gasteiger partial charge is 0.227 e. The zero-order valence-electron chi connectivity index (χ0n) is 19.4. The van der Waals surface area contributed by atoms with Crippen molar-refractivity contribution >= 4 is 28.6 Å². The van der Waals surface area contributed by atoms with Crippen molar-refractivity contribution in [1.82, 2.24) is 9.55 Å². The van der Waals surface area contributed by atoms with Gasteiger partial charge >= 0.3 is 0 Å². The van der Waals surface area contributed by atoms with Gasteiger partial charge in [-0.15, -0.1) is 0 Å². The molecule has 0 unspecified atom stereocenters. The highest BCUT2D eigenvalue weighted by molar-refractivity contribution is 5.92. The lowest BCUT2D eigenvalue weighted by Crippen LogP contribution is -2.39. The Morgan fingerprint density at radius 1 is 0.971 bits per heavy atom. The Hall–Kier alpha value is -3.67. The molecule has 1 aliphatic heterocycles. The molecule has 1 N–H and O–H groups in total. The third kappa shape index (κ3) is 4.67. The molecular weight excluding hydrogens is 427 g/mol. The quantitative estimate of drug-likeness (QED) is 0.408. The lowest BCUT2D eigenvalue weighted by molar-refractivity contribution is -0.120. The number of amides is 1. The number of hydrogen-bond donors (Lipinski definition) is 1. The van der Waals surface area contributed by atoms with E-state index < -0.39 is 0 Å². The van der Waals surface area contributed by atoms with Gasteiger partial charge < -0.3 is 14.8 Å². The molecule has 2 heterocycles. The second-order valence-electron chi connectivity index (χ2n) is 8.91. The molecule has 5 nitrogen and oxygen atoms in total. The number of piperidine rings is 1. The molecule has 1 aliphatic rings. The molecule has 6 heteroatoms. The summed E-state index contributed by atoms with van der Waals surface area (Å²) in [5.74, 6) is 0.737. The molecule has 1 amide bonds. The molecule has 4 aromatic rings. The Morgan fingerprint density at radius 2 is 1.65 bits per heavy atom. The van der Waals surface area contributed by atoms with E-state index in [9.17, 15) is 9.18 Å². The van der Waals surface area contributed by atoms with E-state index in [1.54, 1.807) is 0 Å². The van der Waals surface area contributed by atoms with E-state index in [0.29, 0.717) is 6.54 Å². The van der Waals surface area contributed by atoms with E-state index >= 15 is 0 Å². The highest BCUT2D eigenvalue weighted by Crippen LogP contribution is 2.28. The fraction of sp³-hybridized carbons (Fsp3) is 0.286. The fourth-order valence-corrected chi connectivity index (χ4v) is 4.64. The number of fused-ring (bicyclic) bond motifs is 1. The van der Waals surface area contributed by atoms with E-state index in [-0.39, 0.29) is 17.6 Å². The molecule has 5 rings (SSSR count). The van der Waals surface area contributed by atoms with E-state index in [2.05, 4.69) is 39.9 Å². The molecule has 3 aromatic carbocycles. The second-order valence-corrected chi connectivity index (χ2v) is 8.91. The minimum Gasteiger partial charge on any atom is -0.342 e. The summed E-state index contributed by atoms with van der Waals surface area (Å²) in [4.78, 5) is 20.0. The maximum atomic E-state index is 13.4. The van der Waals surface area contributed by atoms with Crippen LogP contribution in [0.1, 0.15) is 30.9 Å². The van der Waals surface area contributed by atoms with Crippen LogP contribution in [0.5, 0.6) is 0 Å².